The molecule has 0 atom stereocenters. The van der Waals surface area contributed by atoms with Crippen LogP contribution < -0.4 is 14.8 Å². The van der Waals surface area contributed by atoms with E-state index in [0.717, 1.165) is 16.5 Å². The average molecular weight is 334 g/mol. The molecule has 0 radical (unpaired) electrons. The summed E-state index contributed by atoms with van der Waals surface area (Å²) in [5.74, 6) is 2.49. The molecule has 0 spiro atoms. The lowest BCUT2D eigenvalue weighted by atomic mass is 10.1. The fourth-order valence-electron chi connectivity index (χ4n) is 2.54. The van der Waals surface area contributed by atoms with Crippen LogP contribution in [-0.2, 0) is 0 Å². The highest BCUT2D eigenvalue weighted by molar-refractivity contribution is 5.93. The predicted octanol–water partition coefficient (Wildman–Crippen LogP) is 3.64. The minimum atomic E-state index is 0.388. The molecule has 3 rings (SSSR count). The second-order valence-corrected chi connectivity index (χ2v) is 5.32. The Balaban J connectivity index is 2.18. The van der Waals surface area contributed by atoms with E-state index in [1.165, 1.54) is 0 Å². The van der Waals surface area contributed by atoms with E-state index >= 15 is 0 Å². The van der Waals surface area contributed by atoms with E-state index in [0.29, 0.717) is 36.1 Å². The molecule has 2 aromatic carbocycles. The van der Waals surface area contributed by atoms with Gasteiger partial charge < -0.3 is 14.8 Å². The molecule has 0 aliphatic carbocycles. The van der Waals surface area contributed by atoms with Crippen molar-refractivity contribution in [2.75, 3.05) is 26.1 Å². The summed E-state index contributed by atoms with van der Waals surface area (Å²) in [6.07, 6.45) is 0.388. The fraction of sp³-hybridized carbons (Fsp3) is 0.211. The summed E-state index contributed by atoms with van der Waals surface area (Å²) in [6, 6.07) is 15.6. The normalized spacial score (nSPS) is 10.3. The van der Waals surface area contributed by atoms with Crippen LogP contribution in [0.1, 0.15) is 6.42 Å². The van der Waals surface area contributed by atoms with Crippen molar-refractivity contribution in [3.63, 3.8) is 0 Å². The zero-order valence-corrected chi connectivity index (χ0v) is 14.1. The number of benzene rings is 2. The van der Waals surface area contributed by atoms with E-state index < -0.39 is 0 Å². The molecule has 0 aliphatic rings. The van der Waals surface area contributed by atoms with Gasteiger partial charge in [-0.2, -0.15) is 5.26 Å². The SMILES string of the molecule is COc1cc2nc(-c3ccccc3)nc(NCCC#N)c2cc1OC. The van der Waals surface area contributed by atoms with Crippen LogP contribution in [0.2, 0.25) is 0 Å². The minimum absolute atomic E-state index is 0.388. The molecule has 0 amide bonds. The highest BCUT2D eigenvalue weighted by Crippen LogP contribution is 2.35. The quantitative estimate of drug-likeness (QED) is 0.693. The Hall–Kier alpha value is -3.33. The summed E-state index contributed by atoms with van der Waals surface area (Å²) < 4.78 is 10.8. The van der Waals surface area contributed by atoms with Crippen molar-refractivity contribution in [2.24, 2.45) is 0 Å². The number of anilines is 1. The molecule has 0 fully saturated rings. The number of methoxy groups -OCH3 is 2. The molecule has 25 heavy (non-hydrogen) atoms. The maximum absolute atomic E-state index is 8.78. The van der Waals surface area contributed by atoms with Crippen molar-refractivity contribution in [1.82, 2.24) is 9.97 Å². The van der Waals surface area contributed by atoms with E-state index in [9.17, 15) is 0 Å². The van der Waals surface area contributed by atoms with E-state index in [2.05, 4.69) is 21.4 Å². The molecule has 1 N–H and O–H groups in total. The number of nitrogens with one attached hydrogen (secondary N) is 1. The summed E-state index contributed by atoms with van der Waals surface area (Å²) in [6.45, 7) is 0.505. The maximum atomic E-state index is 8.78. The highest BCUT2D eigenvalue weighted by Gasteiger charge is 2.14. The molecular weight excluding hydrogens is 316 g/mol. The third-order valence-corrected chi connectivity index (χ3v) is 3.76. The van der Waals surface area contributed by atoms with Gasteiger partial charge in [0.1, 0.15) is 5.82 Å². The molecule has 0 bridgehead atoms. The van der Waals surface area contributed by atoms with Crippen LogP contribution in [0.15, 0.2) is 42.5 Å². The molecule has 6 nitrogen and oxygen atoms in total. The maximum Gasteiger partial charge on any atom is 0.162 e. The number of nitriles is 1. The first kappa shape index (κ1) is 16.5. The van der Waals surface area contributed by atoms with Gasteiger partial charge in [-0.15, -0.1) is 0 Å². The van der Waals surface area contributed by atoms with Gasteiger partial charge in [-0.25, -0.2) is 9.97 Å². The van der Waals surface area contributed by atoms with Crippen LogP contribution in [-0.4, -0.2) is 30.7 Å². The molecule has 0 unspecified atom stereocenters. The van der Waals surface area contributed by atoms with Crippen LogP contribution >= 0.6 is 0 Å². The monoisotopic (exact) mass is 334 g/mol. The van der Waals surface area contributed by atoms with Gasteiger partial charge in [-0.05, 0) is 6.07 Å². The van der Waals surface area contributed by atoms with Crippen LogP contribution in [0.3, 0.4) is 0 Å². The molecule has 0 saturated heterocycles. The third-order valence-electron chi connectivity index (χ3n) is 3.76. The summed E-state index contributed by atoms with van der Waals surface area (Å²) in [5, 5.41) is 12.8. The van der Waals surface area contributed by atoms with Crippen molar-refractivity contribution in [1.29, 1.82) is 5.26 Å². The summed E-state index contributed by atoms with van der Waals surface area (Å²) in [5.41, 5.74) is 1.66. The van der Waals surface area contributed by atoms with Crippen molar-refractivity contribution in [3.05, 3.63) is 42.5 Å². The second kappa shape index (κ2) is 7.49. The van der Waals surface area contributed by atoms with Gasteiger partial charge in [0.2, 0.25) is 0 Å². The lowest BCUT2D eigenvalue weighted by molar-refractivity contribution is 0.356. The molecule has 1 heterocycles. The van der Waals surface area contributed by atoms with Crippen molar-refractivity contribution in [3.8, 4) is 29.0 Å². The third kappa shape index (κ3) is 3.45. The van der Waals surface area contributed by atoms with Crippen LogP contribution in [0.5, 0.6) is 11.5 Å². The smallest absolute Gasteiger partial charge is 0.162 e. The van der Waals surface area contributed by atoms with Crippen LogP contribution in [0.25, 0.3) is 22.3 Å². The molecule has 3 aromatic rings. The summed E-state index contributed by atoms with van der Waals surface area (Å²) >= 11 is 0. The Labute approximate surface area is 146 Å². The molecule has 0 aliphatic heterocycles. The van der Waals surface area contributed by atoms with Gasteiger partial charge in [-0.1, -0.05) is 30.3 Å². The molecule has 6 heteroatoms. The number of ether oxygens (including phenoxy) is 2. The minimum Gasteiger partial charge on any atom is -0.493 e. The van der Waals surface area contributed by atoms with Gasteiger partial charge >= 0.3 is 0 Å². The van der Waals surface area contributed by atoms with Gasteiger partial charge in [0, 0.05) is 23.6 Å². The topological polar surface area (TPSA) is 80.1 Å². The average Bonchev–Trinajstić information content (AvgIpc) is 2.67. The van der Waals surface area contributed by atoms with Crippen LogP contribution in [0.4, 0.5) is 5.82 Å². The second-order valence-electron chi connectivity index (χ2n) is 5.32. The Morgan fingerprint density at radius 1 is 1.04 bits per heavy atom. The van der Waals surface area contributed by atoms with E-state index in [1.807, 2.05) is 42.5 Å². The van der Waals surface area contributed by atoms with Gasteiger partial charge in [0.15, 0.2) is 17.3 Å². The van der Waals surface area contributed by atoms with E-state index in [-0.39, 0.29) is 0 Å². The molecular formula is C19H18N4O2. The fourth-order valence-corrected chi connectivity index (χ4v) is 2.54. The lowest BCUT2D eigenvalue weighted by Crippen LogP contribution is -2.05. The standard InChI is InChI=1S/C19H18N4O2/c1-24-16-11-14-15(12-17(16)25-2)22-18(13-7-4-3-5-8-13)23-19(14)21-10-6-9-20/h3-5,7-8,11-12H,6,10H2,1-2H3,(H,21,22,23). The molecule has 1 aromatic heterocycles. The molecule has 0 saturated carbocycles. The Morgan fingerprint density at radius 3 is 2.44 bits per heavy atom. The Bertz CT molecular complexity index is 920. The number of fused-ring (bicyclic) bond motifs is 1. The zero-order chi connectivity index (χ0) is 17.6. The first-order chi connectivity index (χ1) is 12.3. The number of rotatable bonds is 6. The van der Waals surface area contributed by atoms with Crippen molar-refractivity contribution in [2.45, 2.75) is 6.42 Å². The summed E-state index contributed by atoms with van der Waals surface area (Å²) in [7, 11) is 3.18. The summed E-state index contributed by atoms with van der Waals surface area (Å²) in [4.78, 5) is 9.31. The Kier molecular flexibility index (Phi) is 4.95. The Morgan fingerprint density at radius 2 is 1.76 bits per heavy atom. The van der Waals surface area contributed by atoms with E-state index in [4.69, 9.17) is 14.7 Å². The van der Waals surface area contributed by atoms with Gasteiger partial charge in [0.25, 0.3) is 0 Å². The number of hydrogen-bond acceptors (Lipinski definition) is 6. The number of nitrogens with zero attached hydrogens (tertiary/aromatic N) is 3. The largest absolute Gasteiger partial charge is 0.493 e. The predicted molar refractivity (Wildman–Crippen MR) is 96.8 cm³/mol. The lowest BCUT2D eigenvalue weighted by Gasteiger charge is -2.13. The first-order valence-corrected chi connectivity index (χ1v) is 7.87. The van der Waals surface area contributed by atoms with Crippen molar-refractivity contribution < 1.29 is 9.47 Å². The van der Waals surface area contributed by atoms with Gasteiger partial charge in [-0.3, -0.25) is 0 Å². The molecule has 126 valence electrons. The van der Waals surface area contributed by atoms with Crippen molar-refractivity contribution >= 4 is 16.7 Å². The number of hydrogen-bond donors (Lipinski definition) is 1. The first-order valence-electron chi connectivity index (χ1n) is 7.87. The highest BCUT2D eigenvalue weighted by atomic mass is 16.5. The number of aromatic nitrogens is 2. The van der Waals surface area contributed by atoms with Crippen LogP contribution in [0, 0.1) is 11.3 Å². The van der Waals surface area contributed by atoms with E-state index in [1.54, 1.807) is 14.2 Å². The zero-order valence-electron chi connectivity index (χ0n) is 14.1. The van der Waals surface area contributed by atoms with Gasteiger partial charge in [0.05, 0.1) is 32.2 Å².